The Morgan fingerprint density at radius 3 is 2.58 bits per heavy atom. The number of carbonyl (C=O) groups is 2. The highest BCUT2D eigenvalue weighted by Crippen LogP contribution is 2.77. The maximum absolute atomic E-state index is 12.4. The number of ketones is 1. The lowest BCUT2D eigenvalue weighted by Crippen LogP contribution is -2.66. The third-order valence-corrected chi connectivity index (χ3v) is 10.8. The van der Waals surface area contributed by atoms with Crippen molar-refractivity contribution in [2.24, 2.45) is 22.7 Å². The summed E-state index contributed by atoms with van der Waals surface area (Å²) in [5, 5.41) is 0. The minimum Gasteiger partial charge on any atom is -0.458 e. The lowest BCUT2D eigenvalue weighted by molar-refractivity contribution is -0.164. The van der Waals surface area contributed by atoms with Crippen molar-refractivity contribution < 1.29 is 27.5 Å². The molecule has 0 bridgehead atoms. The van der Waals surface area contributed by atoms with E-state index in [1.54, 1.807) is 6.08 Å². The first kappa shape index (κ1) is 20.4. The maximum atomic E-state index is 12.4. The molecule has 1 N–H and O–H groups in total. The van der Waals surface area contributed by atoms with E-state index in [0.717, 1.165) is 37.7 Å². The molecule has 2 spiro atoms. The summed E-state index contributed by atoms with van der Waals surface area (Å²) in [6.45, 7) is 4.46. The van der Waals surface area contributed by atoms with Gasteiger partial charge >= 0.3 is 5.97 Å². The van der Waals surface area contributed by atoms with Gasteiger partial charge in [0.1, 0.15) is 11.2 Å². The molecule has 170 valence electrons. The van der Waals surface area contributed by atoms with Crippen LogP contribution in [0.2, 0.25) is 0 Å². The fraction of sp³-hybridized carbons (Fsp3) is 0.826. The maximum Gasteiger partial charge on any atom is 0.306 e. The Hall–Kier alpha value is -1.25. The molecule has 2 unspecified atom stereocenters. The Bertz CT molecular complexity index is 1040. The highest BCUT2D eigenvalue weighted by Gasteiger charge is 2.83. The van der Waals surface area contributed by atoms with Gasteiger partial charge in [-0.05, 0) is 50.5 Å². The van der Waals surface area contributed by atoms with E-state index in [-0.39, 0.29) is 46.6 Å². The number of ether oxygens (including phenoxy) is 2. The molecule has 0 aromatic carbocycles. The Labute approximate surface area is 183 Å². The second-order valence-corrected chi connectivity index (χ2v) is 13.1. The first-order chi connectivity index (χ1) is 14.4. The van der Waals surface area contributed by atoms with Crippen LogP contribution in [-0.2, 0) is 29.1 Å². The van der Waals surface area contributed by atoms with Gasteiger partial charge in [-0.3, -0.25) is 9.59 Å². The first-order valence-electron chi connectivity index (χ1n) is 11.6. The Morgan fingerprint density at radius 1 is 1.13 bits per heavy atom. The zero-order valence-electron chi connectivity index (χ0n) is 18.4. The molecule has 0 amide bonds. The van der Waals surface area contributed by atoms with Crippen molar-refractivity contribution >= 4 is 21.8 Å². The summed E-state index contributed by atoms with van der Waals surface area (Å²) < 4.78 is 40.3. The fourth-order valence-corrected chi connectivity index (χ4v) is 9.47. The Kier molecular flexibility index (Phi) is 3.81. The number of rotatable bonds is 2. The van der Waals surface area contributed by atoms with Gasteiger partial charge in [0.2, 0.25) is 10.0 Å². The zero-order chi connectivity index (χ0) is 22.0. The van der Waals surface area contributed by atoms with Crippen molar-refractivity contribution in [1.29, 1.82) is 0 Å². The molecule has 8 atom stereocenters. The lowest BCUT2D eigenvalue weighted by atomic mass is 9.45. The summed E-state index contributed by atoms with van der Waals surface area (Å²) in [6, 6.07) is -0.317. The van der Waals surface area contributed by atoms with Crippen LogP contribution < -0.4 is 4.72 Å². The van der Waals surface area contributed by atoms with Crippen molar-refractivity contribution in [1.82, 2.24) is 4.72 Å². The predicted octanol–water partition coefficient (Wildman–Crippen LogP) is 2.25. The SMILES string of the molecule is C[C@]12CCC(=O)C=C1C[C@@H](NS(C)(=O)=O)C1C3CC[C@@]4(CCC(=O)O4)[C@@]3(C)C[C@H]3O[C@@]132. The molecule has 8 heteroatoms. The summed E-state index contributed by atoms with van der Waals surface area (Å²) in [7, 11) is -3.44. The topological polar surface area (TPSA) is 102 Å². The molecule has 6 rings (SSSR count). The van der Waals surface area contributed by atoms with Crippen molar-refractivity contribution in [3.63, 3.8) is 0 Å². The van der Waals surface area contributed by atoms with Crippen LogP contribution >= 0.6 is 0 Å². The van der Waals surface area contributed by atoms with Crippen LogP contribution in [0.5, 0.6) is 0 Å². The molecule has 31 heavy (non-hydrogen) atoms. The Balaban J connectivity index is 1.48. The third-order valence-electron chi connectivity index (χ3n) is 10.1. The monoisotopic (exact) mass is 449 g/mol. The number of nitrogens with one attached hydrogen (secondary N) is 1. The number of sulfonamides is 1. The van der Waals surface area contributed by atoms with E-state index in [9.17, 15) is 18.0 Å². The minimum absolute atomic E-state index is 0.00000378. The van der Waals surface area contributed by atoms with Gasteiger partial charge in [0, 0.05) is 35.6 Å². The van der Waals surface area contributed by atoms with Gasteiger partial charge in [-0.15, -0.1) is 0 Å². The van der Waals surface area contributed by atoms with E-state index in [0.29, 0.717) is 19.3 Å². The second kappa shape index (κ2) is 5.81. The number of hydrogen-bond acceptors (Lipinski definition) is 6. The van der Waals surface area contributed by atoms with Crippen molar-refractivity contribution in [3.05, 3.63) is 11.6 Å². The third kappa shape index (κ3) is 2.39. The van der Waals surface area contributed by atoms with Crippen molar-refractivity contribution in [2.75, 3.05) is 6.26 Å². The number of epoxide rings is 1. The van der Waals surface area contributed by atoms with Gasteiger partial charge in [-0.25, -0.2) is 13.1 Å². The van der Waals surface area contributed by atoms with Crippen molar-refractivity contribution in [2.45, 2.75) is 88.6 Å². The van der Waals surface area contributed by atoms with E-state index >= 15 is 0 Å². The standard InChI is InChI=1S/C23H31NO6S/c1-20-7-4-14(25)10-13(20)11-16(24-31(3,27)28)19-15-5-8-22(9-6-18(26)30-22)21(15,2)12-17-23(19,20)29-17/h10,15-17,19,24H,4-9,11-12H2,1-3H3/t15?,16-,17-,19?,20+,21+,22-,23-/m1/s1. The number of fused-ring (bicyclic) bond motifs is 4. The molecule has 5 fully saturated rings. The molecule has 7 nitrogen and oxygen atoms in total. The molecule has 2 saturated heterocycles. The van der Waals surface area contributed by atoms with E-state index in [4.69, 9.17) is 9.47 Å². The summed E-state index contributed by atoms with van der Waals surface area (Å²) in [4.78, 5) is 24.4. The average Bonchev–Trinajstić information content (AvgIpc) is 3.14. The summed E-state index contributed by atoms with van der Waals surface area (Å²) in [5.41, 5.74) is -0.351. The predicted molar refractivity (Wildman–Crippen MR) is 111 cm³/mol. The summed E-state index contributed by atoms with van der Waals surface area (Å²) >= 11 is 0. The first-order valence-corrected chi connectivity index (χ1v) is 13.4. The molecule has 0 radical (unpaired) electrons. The van der Waals surface area contributed by atoms with E-state index in [1.807, 2.05) is 0 Å². The highest BCUT2D eigenvalue weighted by molar-refractivity contribution is 7.88. The smallest absolute Gasteiger partial charge is 0.306 e. The second-order valence-electron chi connectivity index (χ2n) is 11.3. The van der Waals surface area contributed by atoms with Crippen LogP contribution in [0.25, 0.3) is 0 Å². The van der Waals surface area contributed by atoms with E-state index < -0.39 is 21.2 Å². The molecular weight excluding hydrogens is 418 g/mol. The van der Waals surface area contributed by atoms with E-state index in [2.05, 4.69) is 18.6 Å². The fourth-order valence-electron chi connectivity index (χ4n) is 8.69. The number of esters is 1. The molecule has 4 aliphatic carbocycles. The van der Waals surface area contributed by atoms with Gasteiger partial charge in [0.25, 0.3) is 0 Å². The zero-order valence-corrected chi connectivity index (χ0v) is 19.2. The summed E-state index contributed by atoms with van der Waals surface area (Å²) in [6.07, 6.45) is 8.53. The molecule has 0 aromatic rings. The van der Waals surface area contributed by atoms with Crippen LogP contribution in [0.15, 0.2) is 11.6 Å². The molecule has 0 aromatic heterocycles. The molecular formula is C23H31NO6S. The summed E-state index contributed by atoms with van der Waals surface area (Å²) in [5.74, 6) is 0.205. The number of carbonyl (C=O) groups excluding carboxylic acids is 2. The van der Waals surface area contributed by atoms with Crippen LogP contribution in [0.1, 0.15) is 65.2 Å². The van der Waals surface area contributed by atoms with E-state index in [1.165, 1.54) is 6.26 Å². The molecule has 2 aliphatic heterocycles. The largest absolute Gasteiger partial charge is 0.458 e. The van der Waals surface area contributed by atoms with Crippen LogP contribution in [-0.4, -0.2) is 49.8 Å². The van der Waals surface area contributed by atoms with Gasteiger partial charge in [0.15, 0.2) is 5.78 Å². The average molecular weight is 450 g/mol. The normalized spacial score (nSPS) is 52.7. The lowest BCUT2D eigenvalue weighted by Gasteiger charge is -2.59. The number of hydrogen-bond donors (Lipinski definition) is 1. The van der Waals surface area contributed by atoms with Crippen molar-refractivity contribution in [3.8, 4) is 0 Å². The van der Waals surface area contributed by atoms with Gasteiger partial charge < -0.3 is 9.47 Å². The molecule has 3 saturated carbocycles. The van der Waals surface area contributed by atoms with Gasteiger partial charge in [-0.2, -0.15) is 0 Å². The highest BCUT2D eigenvalue weighted by atomic mass is 32.2. The quantitative estimate of drug-likeness (QED) is 0.512. The van der Waals surface area contributed by atoms with Gasteiger partial charge in [0.05, 0.1) is 12.4 Å². The molecule has 2 heterocycles. The Morgan fingerprint density at radius 2 is 1.90 bits per heavy atom. The van der Waals surface area contributed by atoms with Crippen LogP contribution in [0.3, 0.4) is 0 Å². The van der Waals surface area contributed by atoms with Gasteiger partial charge in [-0.1, -0.05) is 19.4 Å². The van der Waals surface area contributed by atoms with Crippen LogP contribution in [0, 0.1) is 22.7 Å². The minimum atomic E-state index is -3.44. The molecule has 6 aliphatic rings. The van der Waals surface area contributed by atoms with Crippen LogP contribution in [0.4, 0.5) is 0 Å².